The van der Waals surface area contributed by atoms with Crippen LogP contribution in [0.2, 0.25) is 5.02 Å². The first-order chi connectivity index (χ1) is 14.7. The minimum absolute atomic E-state index is 0.173. The molecule has 3 nitrogen and oxygen atoms in total. The van der Waals surface area contributed by atoms with Crippen LogP contribution in [0.4, 0.5) is 0 Å². The topological polar surface area (TPSA) is 24.5 Å². The molecule has 1 N–H and O–H groups in total. The lowest BCUT2D eigenvalue weighted by Gasteiger charge is -2.50. The summed E-state index contributed by atoms with van der Waals surface area (Å²) in [6.45, 7) is 5.31. The lowest BCUT2D eigenvalue weighted by atomic mass is 9.58. The summed E-state index contributed by atoms with van der Waals surface area (Å²) in [6.07, 6.45) is 8.89. The van der Waals surface area contributed by atoms with E-state index < -0.39 is 0 Å². The highest BCUT2D eigenvalue weighted by Gasteiger charge is 2.47. The van der Waals surface area contributed by atoms with E-state index in [1.54, 1.807) is 0 Å². The van der Waals surface area contributed by atoms with E-state index in [-0.39, 0.29) is 5.41 Å². The molecule has 0 aromatic heterocycles. The van der Waals surface area contributed by atoms with Gasteiger partial charge in [0, 0.05) is 23.0 Å². The average Bonchev–Trinajstić information content (AvgIpc) is 2.75. The molecule has 1 saturated heterocycles. The third-order valence-corrected chi connectivity index (χ3v) is 7.77. The van der Waals surface area contributed by atoms with Gasteiger partial charge >= 0.3 is 0 Å². The molecule has 2 aliphatic heterocycles. The van der Waals surface area contributed by atoms with Crippen molar-refractivity contribution in [2.24, 2.45) is 0 Å². The second kappa shape index (κ2) is 8.90. The molecule has 2 aromatic rings. The van der Waals surface area contributed by atoms with Gasteiger partial charge in [0.15, 0.2) is 0 Å². The molecule has 1 aliphatic carbocycles. The van der Waals surface area contributed by atoms with Crippen molar-refractivity contribution in [3.63, 3.8) is 0 Å². The number of likely N-dealkylation sites (tertiary alicyclic amines) is 1. The quantitative estimate of drug-likeness (QED) is 0.661. The fourth-order valence-electron chi connectivity index (χ4n) is 5.67. The largest absolute Gasteiger partial charge is 0.492 e. The maximum Gasteiger partial charge on any atom is 0.119 e. The Labute approximate surface area is 185 Å². The first-order valence-corrected chi connectivity index (χ1v) is 12.1. The summed E-state index contributed by atoms with van der Waals surface area (Å²) in [4.78, 5) is 2.54. The Kier molecular flexibility index (Phi) is 6.04. The number of hydrogen-bond acceptors (Lipinski definition) is 3. The molecule has 5 rings (SSSR count). The maximum absolute atomic E-state index is 6.22. The highest BCUT2D eigenvalue weighted by molar-refractivity contribution is 6.30. The van der Waals surface area contributed by atoms with Gasteiger partial charge < -0.3 is 10.1 Å². The van der Waals surface area contributed by atoms with Crippen molar-refractivity contribution in [2.45, 2.75) is 56.4 Å². The van der Waals surface area contributed by atoms with Crippen LogP contribution in [0.15, 0.2) is 42.5 Å². The number of nitrogens with one attached hydrogen (secondary N) is 1. The summed E-state index contributed by atoms with van der Waals surface area (Å²) in [7, 11) is 0. The van der Waals surface area contributed by atoms with Gasteiger partial charge in [-0.15, -0.1) is 0 Å². The molecule has 2 fully saturated rings. The summed E-state index contributed by atoms with van der Waals surface area (Å²) in [5, 5.41) is 4.68. The maximum atomic E-state index is 6.22. The highest BCUT2D eigenvalue weighted by atomic mass is 35.5. The molecule has 1 unspecified atom stereocenters. The molecule has 0 bridgehead atoms. The lowest BCUT2D eigenvalue weighted by Crippen LogP contribution is -2.49. The molecular weight excluding hydrogens is 392 g/mol. The van der Waals surface area contributed by atoms with Crippen LogP contribution in [0.5, 0.6) is 5.75 Å². The summed E-state index contributed by atoms with van der Waals surface area (Å²) in [5.41, 5.74) is 4.50. The molecule has 0 spiro atoms. The van der Waals surface area contributed by atoms with Crippen LogP contribution < -0.4 is 10.1 Å². The van der Waals surface area contributed by atoms with Gasteiger partial charge in [0.2, 0.25) is 0 Å². The van der Waals surface area contributed by atoms with Gasteiger partial charge in [0.1, 0.15) is 12.4 Å². The Morgan fingerprint density at radius 2 is 1.80 bits per heavy atom. The number of hydrogen-bond donors (Lipinski definition) is 1. The van der Waals surface area contributed by atoms with Crippen molar-refractivity contribution in [1.29, 1.82) is 0 Å². The van der Waals surface area contributed by atoms with Crippen molar-refractivity contribution >= 4 is 11.6 Å². The Morgan fingerprint density at radius 3 is 2.53 bits per heavy atom. The van der Waals surface area contributed by atoms with Crippen LogP contribution >= 0.6 is 11.6 Å². The normalized spacial score (nSPS) is 23.4. The predicted octanol–water partition coefficient (Wildman–Crippen LogP) is 5.51. The highest BCUT2D eigenvalue weighted by Crippen LogP contribution is 2.53. The fraction of sp³-hybridized carbons (Fsp3) is 0.538. The number of benzene rings is 2. The van der Waals surface area contributed by atoms with Gasteiger partial charge in [-0.25, -0.2) is 0 Å². The van der Waals surface area contributed by atoms with Crippen LogP contribution in [-0.4, -0.2) is 37.7 Å². The van der Waals surface area contributed by atoms with Gasteiger partial charge in [-0.3, -0.25) is 4.90 Å². The minimum atomic E-state index is 0.173. The monoisotopic (exact) mass is 424 g/mol. The molecule has 160 valence electrons. The molecule has 0 radical (unpaired) electrons. The Bertz CT molecular complexity index is 856. The standard InChI is InChI=1S/C26H33ClN2O/c27-22-8-6-21(7-9-22)26(12-4-13-26)25-24-19-23(10-5-20(24)11-14-28-25)30-18-17-29-15-2-1-3-16-29/h5-10,19,25,28H,1-4,11-18H2. The summed E-state index contributed by atoms with van der Waals surface area (Å²) < 4.78 is 6.22. The minimum Gasteiger partial charge on any atom is -0.492 e. The molecular formula is C26H33ClN2O. The first kappa shape index (κ1) is 20.4. The Hall–Kier alpha value is -1.55. The zero-order valence-electron chi connectivity index (χ0n) is 17.8. The van der Waals surface area contributed by atoms with Gasteiger partial charge in [-0.2, -0.15) is 0 Å². The van der Waals surface area contributed by atoms with E-state index in [0.29, 0.717) is 6.04 Å². The number of fused-ring (bicyclic) bond motifs is 1. The zero-order chi connectivity index (χ0) is 20.4. The fourth-order valence-corrected chi connectivity index (χ4v) is 5.80. The van der Waals surface area contributed by atoms with Crippen LogP contribution in [0, 0.1) is 0 Å². The van der Waals surface area contributed by atoms with Crippen molar-refractivity contribution in [3.05, 3.63) is 64.2 Å². The Morgan fingerprint density at radius 1 is 1.00 bits per heavy atom. The van der Waals surface area contributed by atoms with Crippen molar-refractivity contribution < 1.29 is 4.74 Å². The van der Waals surface area contributed by atoms with Gasteiger partial charge in [0.05, 0.1) is 0 Å². The van der Waals surface area contributed by atoms with Crippen LogP contribution in [0.3, 0.4) is 0 Å². The van der Waals surface area contributed by atoms with Crippen LogP contribution in [0.25, 0.3) is 0 Å². The van der Waals surface area contributed by atoms with Gasteiger partial charge in [-0.05, 0) is 92.7 Å². The van der Waals surface area contributed by atoms with Gasteiger partial charge in [0.25, 0.3) is 0 Å². The molecule has 3 aliphatic rings. The van der Waals surface area contributed by atoms with E-state index in [1.807, 2.05) is 12.1 Å². The Balaban J connectivity index is 1.35. The van der Waals surface area contributed by atoms with Gasteiger partial charge in [-0.1, -0.05) is 42.6 Å². The predicted molar refractivity (Wildman–Crippen MR) is 124 cm³/mol. The SMILES string of the molecule is Clc1ccc(C2(C3NCCc4ccc(OCCN5CCCCC5)cc43)CCC2)cc1. The van der Waals surface area contributed by atoms with E-state index in [9.17, 15) is 0 Å². The van der Waals surface area contributed by atoms with E-state index >= 15 is 0 Å². The molecule has 0 amide bonds. The second-order valence-electron chi connectivity index (χ2n) is 9.27. The van der Waals surface area contributed by atoms with Crippen LogP contribution in [0.1, 0.15) is 61.3 Å². The van der Waals surface area contributed by atoms with Crippen molar-refractivity contribution in [2.75, 3.05) is 32.8 Å². The molecule has 2 aromatic carbocycles. The number of piperidine rings is 1. The third-order valence-electron chi connectivity index (χ3n) is 7.51. The summed E-state index contributed by atoms with van der Waals surface area (Å²) in [5.74, 6) is 1.02. The van der Waals surface area contributed by atoms with E-state index in [2.05, 4.69) is 40.5 Å². The molecule has 2 heterocycles. The number of ether oxygens (including phenoxy) is 1. The third kappa shape index (κ3) is 4.00. The smallest absolute Gasteiger partial charge is 0.119 e. The zero-order valence-corrected chi connectivity index (χ0v) is 18.6. The molecule has 1 saturated carbocycles. The number of nitrogens with zero attached hydrogens (tertiary/aromatic N) is 1. The number of rotatable bonds is 6. The van der Waals surface area contributed by atoms with Crippen LogP contribution in [-0.2, 0) is 11.8 Å². The molecule has 30 heavy (non-hydrogen) atoms. The molecule has 1 atom stereocenters. The lowest BCUT2D eigenvalue weighted by molar-refractivity contribution is 0.163. The van der Waals surface area contributed by atoms with Crippen molar-refractivity contribution in [3.8, 4) is 5.75 Å². The summed E-state index contributed by atoms with van der Waals surface area (Å²) >= 11 is 6.18. The number of halogens is 1. The summed E-state index contributed by atoms with van der Waals surface area (Å²) in [6, 6.07) is 15.7. The van der Waals surface area contributed by atoms with E-state index in [1.165, 1.54) is 68.3 Å². The van der Waals surface area contributed by atoms with E-state index in [4.69, 9.17) is 16.3 Å². The molecule has 4 heteroatoms. The second-order valence-corrected chi connectivity index (χ2v) is 9.70. The first-order valence-electron chi connectivity index (χ1n) is 11.7. The van der Waals surface area contributed by atoms with Crippen molar-refractivity contribution in [1.82, 2.24) is 10.2 Å². The average molecular weight is 425 g/mol. The van der Waals surface area contributed by atoms with E-state index in [0.717, 1.165) is 36.9 Å².